The molecular weight excluding hydrogens is 228 g/mol. The zero-order chi connectivity index (χ0) is 13.7. The van der Waals surface area contributed by atoms with Crippen LogP contribution in [0.3, 0.4) is 0 Å². The summed E-state index contributed by atoms with van der Waals surface area (Å²) in [7, 11) is 2.01. The minimum atomic E-state index is -0.914. The van der Waals surface area contributed by atoms with E-state index < -0.39 is 5.97 Å². The molecule has 0 aliphatic carbocycles. The van der Waals surface area contributed by atoms with Gasteiger partial charge in [0, 0.05) is 18.8 Å². The molecule has 0 aromatic carbocycles. The Morgan fingerprint density at radius 2 is 2.11 bits per heavy atom. The van der Waals surface area contributed by atoms with Crippen LogP contribution in [0.2, 0.25) is 0 Å². The zero-order valence-electron chi connectivity index (χ0n) is 11.6. The first kappa shape index (κ1) is 14.6. The van der Waals surface area contributed by atoms with Gasteiger partial charge in [0.15, 0.2) is 0 Å². The van der Waals surface area contributed by atoms with Gasteiger partial charge in [-0.3, -0.25) is 9.88 Å². The summed E-state index contributed by atoms with van der Waals surface area (Å²) in [5.41, 5.74) is 0.921. The second-order valence-corrected chi connectivity index (χ2v) is 5.20. The summed E-state index contributed by atoms with van der Waals surface area (Å²) in [5.74, 6) is -0.284. The van der Waals surface area contributed by atoms with Crippen molar-refractivity contribution in [3.05, 3.63) is 29.6 Å². The molecule has 1 aromatic heterocycles. The maximum Gasteiger partial charge on any atom is 0.337 e. The Kier molecular flexibility index (Phi) is 5.28. The average molecular weight is 250 g/mol. The molecule has 0 aliphatic heterocycles. The van der Waals surface area contributed by atoms with Gasteiger partial charge < -0.3 is 5.11 Å². The van der Waals surface area contributed by atoms with Gasteiger partial charge in [-0.15, -0.1) is 0 Å². The van der Waals surface area contributed by atoms with Gasteiger partial charge in [0.05, 0.1) is 11.3 Å². The molecular formula is C14H22N2O2. The van der Waals surface area contributed by atoms with E-state index in [0.717, 1.165) is 6.42 Å². The smallest absolute Gasteiger partial charge is 0.337 e. The molecule has 1 aromatic rings. The van der Waals surface area contributed by atoms with Gasteiger partial charge in [-0.05, 0) is 38.4 Å². The summed E-state index contributed by atoms with van der Waals surface area (Å²) in [4.78, 5) is 17.4. The Bertz CT molecular complexity index is 405. The highest BCUT2D eigenvalue weighted by Crippen LogP contribution is 2.14. The molecule has 1 heterocycles. The van der Waals surface area contributed by atoms with E-state index in [0.29, 0.717) is 29.8 Å². The summed E-state index contributed by atoms with van der Waals surface area (Å²) in [5, 5.41) is 9.10. The van der Waals surface area contributed by atoms with E-state index in [1.807, 2.05) is 7.05 Å². The van der Waals surface area contributed by atoms with E-state index >= 15 is 0 Å². The largest absolute Gasteiger partial charge is 0.478 e. The molecule has 0 amide bonds. The molecule has 0 fully saturated rings. The number of nitrogens with zero attached hydrogens (tertiary/aromatic N) is 2. The minimum absolute atomic E-state index is 0.293. The molecule has 1 unspecified atom stereocenters. The zero-order valence-corrected chi connectivity index (χ0v) is 11.6. The van der Waals surface area contributed by atoms with Crippen LogP contribution in [-0.4, -0.2) is 34.0 Å². The highest BCUT2D eigenvalue weighted by molar-refractivity contribution is 5.88. The van der Waals surface area contributed by atoms with Gasteiger partial charge >= 0.3 is 5.97 Å². The van der Waals surface area contributed by atoms with E-state index in [1.165, 1.54) is 0 Å². The van der Waals surface area contributed by atoms with Crippen molar-refractivity contribution in [1.29, 1.82) is 0 Å². The van der Waals surface area contributed by atoms with Gasteiger partial charge in [-0.25, -0.2) is 4.79 Å². The molecule has 0 spiro atoms. The SMILES string of the molecule is CC(C)CC(C)N(C)Cc1ncccc1C(=O)O. The van der Waals surface area contributed by atoms with E-state index in [1.54, 1.807) is 18.3 Å². The monoisotopic (exact) mass is 250 g/mol. The molecule has 100 valence electrons. The second kappa shape index (κ2) is 6.50. The summed E-state index contributed by atoms with van der Waals surface area (Å²) in [6.07, 6.45) is 2.73. The van der Waals surface area contributed by atoms with Gasteiger partial charge in [0.25, 0.3) is 0 Å². The van der Waals surface area contributed by atoms with Crippen LogP contribution in [-0.2, 0) is 6.54 Å². The number of aromatic carboxylic acids is 1. The molecule has 0 bridgehead atoms. The Labute approximate surface area is 109 Å². The van der Waals surface area contributed by atoms with Crippen molar-refractivity contribution in [3.8, 4) is 0 Å². The van der Waals surface area contributed by atoms with E-state index in [2.05, 4.69) is 30.7 Å². The molecule has 4 heteroatoms. The summed E-state index contributed by atoms with van der Waals surface area (Å²) >= 11 is 0. The van der Waals surface area contributed by atoms with Crippen LogP contribution in [0.5, 0.6) is 0 Å². The third kappa shape index (κ3) is 4.11. The molecule has 18 heavy (non-hydrogen) atoms. The average Bonchev–Trinajstić information content (AvgIpc) is 2.28. The maximum atomic E-state index is 11.1. The van der Waals surface area contributed by atoms with E-state index in [9.17, 15) is 4.79 Å². The van der Waals surface area contributed by atoms with E-state index in [4.69, 9.17) is 5.11 Å². The van der Waals surface area contributed by atoms with Gasteiger partial charge in [-0.1, -0.05) is 13.8 Å². The fourth-order valence-electron chi connectivity index (χ4n) is 2.01. The molecule has 0 radical (unpaired) electrons. The van der Waals surface area contributed by atoms with Crippen LogP contribution in [0.4, 0.5) is 0 Å². The number of pyridine rings is 1. The van der Waals surface area contributed by atoms with E-state index in [-0.39, 0.29) is 0 Å². The highest BCUT2D eigenvalue weighted by Gasteiger charge is 2.16. The van der Waals surface area contributed by atoms with Crippen molar-refractivity contribution in [2.75, 3.05) is 7.05 Å². The predicted octanol–water partition coefficient (Wildman–Crippen LogP) is 2.65. The van der Waals surface area contributed by atoms with Gasteiger partial charge in [-0.2, -0.15) is 0 Å². The lowest BCUT2D eigenvalue weighted by molar-refractivity contribution is 0.0693. The normalized spacial score (nSPS) is 13.0. The Morgan fingerprint density at radius 1 is 1.44 bits per heavy atom. The highest BCUT2D eigenvalue weighted by atomic mass is 16.4. The third-order valence-electron chi connectivity index (χ3n) is 3.08. The lowest BCUT2D eigenvalue weighted by atomic mass is 10.0. The first-order valence-electron chi connectivity index (χ1n) is 6.29. The fraction of sp³-hybridized carbons (Fsp3) is 0.571. The summed E-state index contributed by atoms with van der Waals surface area (Å²) < 4.78 is 0. The first-order valence-corrected chi connectivity index (χ1v) is 6.29. The molecule has 1 atom stereocenters. The Balaban J connectivity index is 2.75. The van der Waals surface area contributed by atoms with Crippen LogP contribution < -0.4 is 0 Å². The van der Waals surface area contributed by atoms with Crippen molar-refractivity contribution in [2.45, 2.75) is 39.8 Å². The van der Waals surface area contributed by atoms with Crippen LogP contribution >= 0.6 is 0 Å². The third-order valence-corrected chi connectivity index (χ3v) is 3.08. The number of hydrogen-bond donors (Lipinski definition) is 1. The molecule has 4 nitrogen and oxygen atoms in total. The van der Waals surface area contributed by atoms with Crippen molar-refractivity contribution >= 4 is 5.97 Å². The van der Waals surface area contributed by atoms with Crippen molar-refractivity contribution in [2.24, 2.45) is 5.92 Å². The topological polar surface area (TPSA) is 53.4 Å². The Hall–Kier alpha value is -1.42. The lowest BCUT2D eigenvalue weighted by Crippen LogP contribution is -2.30. The minimum Gasteiger partial charge on any atom is -0.478 e. The van der Waals surface area contributed by atoms with Crippen molar-refractivity contribution in [3.63, 3.8) is 0 Å². The summed E-state index contributed by atoms with van der Waals surface area (Å²) in [6.45, 7) is 7.10. The van der Waals surface area contributed by atoms with Crippen molar-refractivity contribution < 1.29 is 9.90 Å². The van der Waals surface area contributed by atoms with Gasteiger partial charge in [0.1, 0.15) is 0 Å². The van der Waals surface area contributed by atoms with Crippen LogP contribution in [0.1, 0.15) is 43.2 Å². The molecule has 0 saturated carbocycles. The van der Waals surface area contributed by atoms with Crippen LogP contribution in [0, 0.1) is 5.92 Å². The van der Waals surface area contributed by atoms with Crippen LogP contribution in [0.15, 0.2) is 18.3 Å². The number of carbonyl (C=O) groups is 1. The number of rotatable bonds is 6. The summed E-state index contributed by atoms with van der Waals surface area (Å²) in [6, 6.07) is 3.67. The molecule has 1 rings (SSSR count). The maximum absolute atomic E-state index is 11.1. The number of carboxylic acids is 1. The Morgan fingerprint density at radius 3 is 2.67 bits per heavy atom. The lowest BCUT2D eigenvalue weighted by Gasteiger charge is -2.26. The molecule has 0 aliphatic rings. The van der Waals surface area contributed by atoms with Crippen LogP contribution in [0.25, 0.3) is 0 Å². The second-order valence-electron chi connectivity index (χ2n) is 5.20. The molecule has 0 saturated heterocycles. The molecule has 1 N–H and O–H groups in total. The predicted molar refractivity (Wildman–Crippen MR) is 71.6 cm³/mol. The number of aromatic nitrogens is 1. The van der Waals surface area contributed by atoms with Gasteiger partial charge in [0.2, 0.25) is 0 Å². The number of hydrogen-bond acceptors (Lipinski definition) is 3. The number of carboxylic acid groups (broad SMARTS) is 1. The standard InChI is InChI=1S/C14H22N2O2/c1-10(2)8-11(3)16(4)9-13-12(14(17)18)6-5-7-15-13/h5-7,10-11H,8-9H2,1-4H3,(H,17,18). The first-order chi connectivity index (χ1) is 8.41. The quantitative estimate of drug-likeness (QED) is 0.843. The fourth-order valence-corrected chi connectivity index (χ4v) is 2.01. The van der Waals surface area contributed by atoms with Crippen molar-refractivity contribution in [1.82, 2.24) is 9.88 Å².